The maximum Gasteiger partial charge on any atom is 0.225 e. The molecule has 6 nitrogen and oxygen atoms in total. The Kier molecular flexibility index (Phi) is 4.75. The normalized spacial score (nSPS) is 29.0. The van der Waals surface area contributed by atoms with E-state index in [4.69, 9.17) is 4.74 Å². The number of anilines is 1. The van der Waals surface area contributed by atoms with E-state index in [0.29, 0.717) is 18.1 Å². The number of carbonyl (C=O) groups excluding carboxylic acids is 1. The highest BCUT2D eigenvalue weighted by molar-refractivity contribution is 7.13. The third kappa shape index (κ3) is 3.32. The van der Waals surface area contributed by atoms with Crippen LogP contribution in [0.5, 0.6) is 0 Å². The van der Waals surface area contributed by atoms with Crippen LogP contribution in [0.15, 0.2) is 24.3 Å². The second kappa shape index (κ2) is 7.37. The van der Waals surface area contributed by atoms with Crippen LogP contribution in [0.1, 0.15) is 19.3 Å². The highest BCUT2D eigenvalue weighted by atomic mass is 32.1. The van der Waals surface area contributed by atoms with Crippen molar-refractivity contribution < 1.29 is 9.53 Å². The number of nitrogens with zero attached hydrogens (tertiary/aromatic N) is 3. The predicted octanol–water partition coefficient (Wildman–Crippen LogP) is 2.10. The van der Waals surface area contributed by atoms with E-state index < -0.39 is 0 Å². The van der Waals surface area contributed by atoms with Crippen LogP contribution in [0.2, 0.25) is 0 Å². The minimum absolute atomic E-state index is 0.145. The van der Waals surface area contributed by atoms with Gasteiger partial charge in [-0.1, -0.05) is 12.1 Å². The Morgan fingerprint density at radius 1 is 1.19 bits per heavy atom. The molecule has 144 valence electrons. The number of hydrogen-bond donors (Lipinski definition) is 1. The van der Waals surface area contributed by atoms with Crippen LogP contribution in [0, 0.1) is 5.92 Å². The Labute approximate surface area is 163 Å². The van der Waals surface area contributed by atoms with Crippen molar-refractivity contribution in [2.75, 3.05) is 44.2 Å². The Balaban J connectivity index is 1.21. The zero-order valence-corrected chi connectivity index (χ0v) is 16.3. The van der Waals surface area contributed by atoms with Gasteiger partial charge in [0, 0.05) is 50.1 Å². The summed E-state index contributed by atoms with van der Waals surface area (Å²) in [5, 5.41) is 4.77. The lowest BCUT2D eigenvalue weighted by atomic mass is 9.82. The molecule has 1 saturated carbocycles. The molecule has 0 bridgehead atoms. The topological polar surface area (TPSA) is 57.7 Å². The van der Waals surface area contributed by atoms with Gasteiger partial charge in [-0.15, -0.1) is 0 Å². The molecule has 2 saturated heterocycles. The Bertz CT molecular complexity index is 817. The fraction of sp³-hybridized carbons (Fsp3) is 0.600. The second-order valence-corrected chi connectivity index (χ2v) is 8.60. The number of rotatable bonds is 2. The highest BCUT2D eigenvalue weighted by Crippen LogP contribution is 2.32. The molecule has 3 fully saturated rings. The number of nitrogens with one attached hydrogen (secondary N) is 1. The molecule has 3 heterocycles. The Morgan fingerprint density at radius 2 is 2.04 bits per heavy atom. The monoisotopic (exact) mass is 386 g/mol. The van der Waals surface area contributed by atoms with Gasteiger partial charge in [-0.25, -0.2) is 0 Å². The number of aromatic nitrogens is 1. The smallest absolute Gasteiger partial charge is 0.225 e. The van der Waals surface area contributed by atoms with E-state index in [9.17, 15) is 4.79 Å². The van der Waals surface area contributed by atoms with Gasteiger partial charge < -0.3 is 19.9 Å². The third-order valence-corrected chi connectivity index (χ3v) is 7.04. The summed E-state index contributed by atoms with van der Waals surface area (Å²) in [5.74, 6) is 1.56. The largest absolute Gasteiger partial charge is 0.375 e. The number of benzene rings is 1. The summed E-state index contributed by atoms with van der Waals surface area (Å²) in [5.41, 5.74) is 0. The van der Waals surface area contributed by atoms with Gasteiger partial charge in [0.05, 0.1) is 17.4 Å². The molecule has 0 spiro atoms. The van der Waals surface area contributed by atoms with Crippen LogP contribution < -0.4 is 10.2 Å². The molecule has 27 heavy (non-hydrogen) atoms. The molecule has 2 aromatic rings. The van der Waals surface area contributed by atoms with E-state index in [2.05, 4.69) is 43.8 Å². The molecular formula is C20H26N4O2S. The van der Waals surface area contributed by atoms with Gasteiger partial charge in [0.25, 0.3) is 0 Å². The first-order valence-electron chi connectivity index (χ1n) is 10.0. The lowest BCUT2D eigenvalue weighted by molar-refractivity contribution is -0.139. The minimum Gasteiger partial charge on any atom is -0.375 e. The van der Waals surface area contributed by atoms with Crippen molar-refractivity contribution in [3.05, 3.63) is 24.3 Å². The summed E-state index contributed by atoms with van der Waals surface area (Å²) in [6.45, 7) is 5.01. The Hall–Kier alpha value is -1.70. The summed E-state index contributed by atoms with van der Waals surface area (Å²) < 4.78 is 11.7. The molecule has 1 aromatic heterocycles. The number of fused-ring (bicyclic) bond motifs is 2. The maximum atomic E-state index is 13.1. The van der Waals surface area contributed by atoms with E-state index in [-0.39, 0.29) is 5.92 Å². The molecule has 5 rings (SSSR count). The molecule has 0 unspecified atom stereocenters. The number of hydrogen-bond acceptors (Lipinski definition) is 6. The number of amides is 1. The molecule has 1 aliphatic carbocycles. The lowest BCUT2D eigenvalue weighted by Gasteiger charge is -2.42. The molecule has 1 amide bonds. The summed E-state index contributed by atoms with van der Waals surface area (Å²) in [6.07, 6.45) is 3.18. The SMILES string of the molecule is O=C([C@H]1CC[C@H]2OCCN[C@@H]2C1)N1CCN(c2nsc3ccccc23)CC1. The average Bonchev–Trinajstić information content (AvgIpc) is 3.17. The van der Waals surface area contributed by atoms with Crippen LogP contribution in [-0.2, 0) is 9.53 Å². The fourth-order valence-corrected chi connectivity index (χ4v) is 5.53. The summed E-state index contributed by atoms with van der Waals surface area (Å²) in [6, 6.07) is 8.74. The van der Waals surface area contributed by atoms with Crippen molar-refractivity contribution in [3.8, 4) is 0 Å². The maximum absolute atomic E-state index is 13.1. The highest BCUT2D eigenvalue weighted by Gasteiger charge is 2.38. The number of piperazine rings is 1. The molecule has 1 N–H and O–H groups in total. The molecule has 0 radical (unpaired) electrons. The van der Waals surface area contributed by atoms with Crippen LogP contribution in [0.3, 0.4) is 0 Å². The molecule has 2 aliphatic heterocycles. The van der Waals surface area contributed by atoms with Crippen LogP contribution >= 0.6 is 11.5 Å². The van der Waals surface area contributed by atoms with Crippen LogP contribution in [0.25, 0.3) is 10.1 Å². The zero-order chi connectivity index (χ0) is 18.2. The van der Waals surface area contributed by atoms with Gasteiger partial charge in [0.1, 0.15) is 5.82 Å². The van der Waals surface area contributed by atoms with Crippen molar-refractivity contribution in [2.45, 2.75) is 31.4 Å². The van der Waals surface area contributed by atoms with Gasteiger partial charge >= 0.3 is 0 Å². The van der Waals surface area contributed by atoms with Gasteiger partial charge in [-0.3, -0.25) is 4.79 Å². The third-order valence-electron chi connectivity index (χ3n) is 6.23. The standard InChI is InChI=1S/C20H26N4O2S/c25-20(14-5-6-17-16(13-14)21-7-12-26-17)24-10-8-23(9-11-24)19-15-3-1-2-4-18(15)27-22-19/h1-4,14,16-17,21H,5-13H2/t14-,16+,17+/m0/s1. The fourth-order valence-electron chi connectivity index (χ4n) is 4.73. The van der Waals surface area contributed by atoms with Crippen LogP contribution in [-0.4, -0.2) is 66.7 Å². The first-order chi connectivity index (χ1) is 13.3. The molecular weight excluding hydrogens is 360 g/mol. The summed E-state index contributed by atoms with van der Waals surface area (Å²) in [4.78, 5) is 17.5. The second-order valence-electron chi connectivity index (χ2n) is 7.79. The van der Waals surface area contributed by atoms with Crippen molar-refractivity contribution in [1.29, 1.82) is 0 Å². The number of morpholine rings is 1. The van der Waals surface area contributed by atoms with E-state index in [0.717, 1.165) is 64.4 Å². The molecule has 1 aromatic carbocycles. The van der Waals surface area contributed by atoms with E-state index in [1.165, 1.54) is 10.1 Å². The molecule has 7 heteroatoms. The van der Waals surface area contributed by atoms with Gasteiger partial charge in [0.15, 0.2) is 0 Å². The molecule has 3 aliphatic rings. The van der Waals surface area contributed by atoms with Crippen molar-refractivity contribution >= 4 is 33.3 Å². The van der Waals surface area contributed by atoms with Crippen molar-refractivity contribution in [3.63, 3.8) is 0 Å². The van der Waals surface area contributed by atoms with Crippen molar-refractivity contribution in [1.82, 2.24) is 14.6 Å². The molecule has 3 atom stereocenters. The first-order valence-corrected chi connectivity index (χ1v) is 10.8. The summed E-state index contributed by atoms with van der Waals surface area (Å²) >= 11 is 1.56. The summed E-state index contributed by atoms with van der Waals surface area (Å²) in [7, 11) is 0. The Morgan fingerprint density at radius 3 is 2.93 bits per heavy atom. The van der Waals surface area contributed by atoms with Gasteiger partial charge in [-0.2, -0.15) is 4.37 Å². The minimum atomic E-state index is 0.145. The predicted molar refractivity (Wildman–Crippen MR) is 107 cm³/mol. The van der Waals surface area contributed by atoms with Gasteiger partial charge in [0.2, 0.25) is 5.91 Å². The van der Waals surface area contributed by atoms with Crippen LogP contribution in [0.4, 0.5) is 5.82 Å². The van der Waals surface area contributed by atoms with Crippen molar-refractivity contribution in [2.24, 2.45) is 5.92 Å². The quantitative estimate of drug-likeness (QED) is 0.857. The number of carbonyl (C=O) groups is 1. The van der Waals surface area contributed by atoms with E-state index in [1.807, 2.05) is 0 Å². The van der Waals surface area contributed by atoms with E-state index >= 15 is 0 Å². The van der Waals surface area contributed by atoms with E-state index in [1.54, 1.807) is 11.5 Å². The number of ether oxygens (including phenoxy) is 1. The van der Waals surface area contributed by atoms with Gasteiger partial charge in [-0.05, 0) is 42.9 Å². The average molecular weight is 387 g/mol. The zero-order valence-electron chi connectivity index (χ0n) is 15.5. The lowest BCUT2D eigenvalue weighted by Crippen LogP contribution is -2.55. The first kappa shape index (κ1) is 17.4.